The number of fused-ring (bicyclic) bond motifs is 5. The summed E-state index contributed by atoms with van der Waals surface area (Å²) in [5, 5.41) is 43.7. The average molecular weight is 620 g/mol. The molecule has 2 unspecified atom stereocenters. The number of rotatable bonds is 10. The fraction of sp³-hybridized carbons (Fsp3) is 0.886. The molecule has 4 fully saturated rings. The van der Waals surface area contributed by atoms with Crippen molar-refractivity contribution in [1.82, 2.24) is 5.32 Å². The van der Waals surface area contributed by atoms with E-state index in [1.165, 1.54) is 13.3 Å². The van der Waals surface area contributed by atoms with Gasteiger partial charge < -0.3 is 35.2 Å². The molecular formula is C35H57NO8. The third-order valence-corrected chi connectivity index (χ3v) is 12.9. The van der Waals surface area contributed by atoms with Crippen LogP contribution in [0.15, 0.2) is 11.6 Å². The van der Waals surface area contributed by atoms with E-state index in [-0.39, 0.29) is 41.1 Å². The summed E-state index contributed by atoms with van der Waals surface area (Å²) in [6.07, 6.45) is 6.58. The minimum Gasteiger partial charge on any atom is -0.396 e. The van der Waals surface area contributed by atoms with Crippen molar-refractivity contribution in [3.05, 3.63) is 11.6 Å². The second kappa shape index (κ2) is 13.4. The molecule has 0 radical (unpaired) electrons. The first-order valence-electron chi connectivity index (χ1n) is 17.2. The van der Waals surface area contributed by atoms with Gasteiger partial charge in [0.2, 0.25) is 5.91 Å². The Balaban J connectivity index is 1.45. The highest BCUT2D eigenvalue weighted by Crippen LogP contribution is 2.68. The standard InChI is InChI=1S/C35H57NO8/c1-19(17-37)7-6-8-20(2)24-9-10-25-29-26(12-14-35(24,25)5)34(4)13-11-23(40)15-22(34)16-27(29)43-33-30(36-21(3)39)32(42)31(41)28(18-38)44-33/h15,19-20,24-33,37-38,41-42H,6-14,16-18H2,1-5H3,(H,36,39)/t19-,20-,24-,25?,26?,27-,28-,29+,30-,31-,32-,33-,34+,35-/m1/s1. The Morgan fingerprint density at radius 2 is 1.84 bits per heavy atom. The van der Waals surface area contributed by atoms with Crippen LogP contribution in [0.25, 0.3) is 0 Å². The number of hydrogen-bond acceptors (Lipinski definition) is 8. The Morgan fingerprint density at radius 3 is 2.52 bits per heavy atom. The number of nitrogens with one attached hydrogen (secondary N) is 1. The maximum absolute atomic E-state index is 12.7. The smallest absolute Gasteiger partial charge is 0.217 e. The summed E-state index contributed by atoms with van der Waals surface area (Å²) < 4.78 is 12.9. The molecule has 0 aromatic carbocycles. The Hall–Kier alpha value is -1.36. The normalized spacial score (nSPS) is 45.0. The molecule has 5 N–H and O–H groups in total. The van der Waals surface area contributed by atoms with Gasteiger partial charge in [0, 0.05) is 20.0 Å². The second-order valence-corrected chi connectivity index (χ2v) is 15.6. The van der Waals surface area contributed by atoms with Gasteiger partial charge in [-0.05, 0) is 97.4 Å². The van der Waals surface area contributed by atoms with Crippen molar-refractivity contribution in [1.29, 1.82) is 0 Å². The molecule has 1 heterocycles. The molecule has 44 heavy (non-hydrogen) atoms. The quantitative estimate of drug-likeness (QED) is 0.250. The molecule has 14 atom stereocenters. The highest BCUT2D eigenvalue weighted by Gasteiger charge is 2.63. The van der Waals surface area contributed by atoms with E-state index in [1.807, 2.05) is 6.08 Å². The van der Waals surface area contributed by atoms with Crippen LogP contribution in [0, 0.1) is 46.3 Å². The van der Waals surface area contributed by atoms with Crippen LogP contribution in [0.2, 0.25) is 0 Å². The third-order valence-electron chi connectivity index (χ3n) is 12.9. The number of hydrogen-bond donors (Lipinski definition) is 5. The van der Waals surface area contributed by atoms with E-state index in [0.717, 1.165) is 50.5 Å². The summed E-state index contributed by atoms with van der Waals surface area (Å²) in [6.45, 7) is 10.5. The summed E-state index contributed by atoms with van der Waals surface area (Å²) in [4.78, 5) is 24.8. The molecular weight excluding hydrogens is 562 g/mol. The Kier molecular flexibility index (Phi) is 10.4. The lowest BCUT2D eigenvalue weighted by molar-refractivity contribution is -0.296. The van der Waals surface area contributed by atoms with Gasteiger partial charge in [-0.2, -0.15) is 0 Å². The molecule has 0 aromatic heterocycles. The molecule has 5 aliphatic rings. The zero-order valence-corrected chi connectivity index (χ0v) is 27.4. The summed E-state index contributed by atoms with van der Waals surface area (Å²) >= 11 is 0. The van der Waals surface area contributed by atoms with Crippen LogP contribution in [-0.2, 0) is 19.1 Å². The number of ether oxygens (including phenoxy) is 2. The Labute approximate surface area is 263 Å². The van der Waals surface area contributed by atoms with E-state index in [1.54, 1.807) is 0 Å². The van der Waals surface area contributed by atoms with Crippen LogP contribution in [0.3, 0.4) is 0 Å². The third kappa shape index (κ3) is 6.18. The largest absolute Gasteiger partial charge is 0.396 e. The van der Waals surface area contributed by atoms with E-state index in [9.17, 15) is 30.0 Å². The first-order valence-corrected chi connectivity index (χ1v) is 17.2. The van der Waals surface area contributed by atoms with Crippen molar-refractivity contribution in [3.8, 4) is 0 Å². The maximum Gasteiger partial charge on any atom is 0.217 e. The molecule has 1 saturated heterocycles. The molecule has 0 aromatic rings. The average Bonchev–Trinajstić information content (AvgIpc) is 3.34. The van der Waals surface area contributed by atoms with Crippen LogP contribution in [0.5, 0.6) is 0 Å². The van der Waals surface area contributed by atoms with Gasteiger partial charge in [0.05, 0.1) is 12.7 Å². The van der Waals surface area contributed by atoms with E-state index < -0.39 is 37.3 Å². The van der Waals surface area contributed by atoms with Gasteiger partial charge in [-0.3, -0.25) is 9.59 Å². The highest BCUT2D eigenvalue weighted by atomic mass is 16.7. The van der Waals surface area contributed by atoms with Crippen LogP contribution in [-0.4, -0.2) is 82.1 Å². The van der Waals surface area contributed by atoms with Crippen LogP contribution < -0.4 is 5.32 Å². The van der Waals surface area contributed by atoms with E-state index >= 15 is 0 Å². The van der Waals surface area contributed by atoms with Gasteiger partial charge in [-0.25, -0.2) is 0 Å². The fourth-order valence-electron chi connectivity index (χ4n) is 10.5. The van der Waals surface area contributed by atoms with Crippen molar-refractivity contribution in [2.45, 2.75) is 136 Å². The monoisotopic (exact) mass is 619 g/mol. The molecule has 9 heteroatoms. The Morgan fingerprint density at radius 1 is 1.09 bits per heavy atom. The van der Waals surface area contributed by atoms with E-state index in [0.29, 0.717) is 42.4 Å². The van der Waals surface area contributed by atoms with Crippen LogP contribution in [0.4, 0.5) is 0 Å². The molecule has 250 valence electrons. The second-order valence-electron chi connectivity index (χ2n) is 15.6. The summed E-state index contributed by atoms with van der Waals surface area (Å²) in [5.41, 5.74) is 1.22. The minimum absolute atomic E-state index is 0.0717. The number of ketones is 1. The van der Waals surface area contributed by atoms with Crippen molar-refractivity contribution in [2.24, 2.45) is 46.3 Å². The van der Waals surface area contributed by atoms with Crippen molar-refractivity contribution in [3.63, 3.8) is 0 Å². The first kappa shape index (κ1) is 34.0. The molecule has 1 amide bonds. The van der Waals surface area contributed by atoms with Crippen molar-refractivity contribution in [2.75, 3.05) is 13.2 Å². The van der Waals surface area contributed by atoms with E-state index in [2.05, 4.69) is 33.0 Å². The number of carbonyl (C=O) groups excluding carboxylic acids is 2. The van der Waals surface area contributed by atoms with Crippen molar-refractivity contribution >= 4 is 11.7 Å². The fourth-order valence-corrected chi connectivity index (χ4v) is 10.5. The zero-order chi connectivity index (χ0) is 32.0. The molecule has 0 bridgehead atoms. The van der Waals surface area contributed by atoms with Gasteiger partial charge in [0.25, 0.3) is 0 Å². The predicted molar refractivity (Wildman–Crippen MR) is 165 cm³/mol. The number of carbonyl (C=O) groups is 2. The topological polar surface area (TPSA) is 146 Å². The number of aliphatic hydroxyl groups is 4. The van der Waals surface area contributed by atoms with Gasteiger partial charge >= 0.3 is 0 Å². The van der Waals surface area contributed by atoms with Gasteiger partial charge in [0.15, 0.2) is 12.1 Å². The Bertz CT molecular complexity index is 1080. The van der Waals surface area contributed by atoms with Crippen LogP contribution >= 0.6 is 0 Å². The number of aliphatic hydroxyl groups excluding tert-OH is 4. The predicted octanol–water partition coefficient (Wildman–Crippen LogP) is 3.51. The zero-order valence-electron chi connectivity index (χ0n) is 27.4. The molecule has 1 aliphatic heterocycles. The van der Waals surface area contributed by atoms with Gasteiger partial charge in [-0.1, -0.05) is 46.1 Å². The lowest BCUT2D eigenvalue weighted by Gasteiger charge is -2.61. The maximum atomic E-state index is 12.7. The van der Waals surface area contributed by atoms with E-state index in [4.69, 9.17) is 9.47 Å². The van der Waals surface area contributed by atoms with Gasteiger partial charge in [0.1, 0.15) is 24.4 Å². The molecule has 9 nitrogen and oxygen atoms in total. The highest BCUT2D eigenvalue weighted by molar-refractivity contribution is 5.91. The number of amides is 1. The molecule has 3 saturated carbocycles. The first-order chi connectivity index (χ1) is 20.8. The summed E-state index contributed by atoms with van der Waals surface area (Å²) in [6, 6.07) is -0.994. The molecule has 5 rings (SSSR count). The molecule has 4 aliphatic carbocycles. The SMILES string of the molecule is CC(=O)N[C@H]1[C@H](O[C@@H]2CC3=CC(=O)CC[C@]3(C)C3CC[C@@]4(C)C(CC[C@@H]4[C@H](C)CCC[C@@H](C)CO)[C@@H]32)O[C@H](CO)[C@@H](O)[C@@H]1O. The van der Waals surface area contributed by atoms with Gasteiger partial charge in [-0.15, -0.1) is 0 Å². The minimum atomic E-state index is -1.37. The molecule has 0 spiro atoms. The lowest BCUT2D eigenvalue weighted by atomic mass is 9.45. The summed E-state index contributed by atoms with van der Waals surface area (Å²) in [7, 11) is 0. The van der Waals surface area contributed by atoms with Crippen LogP contribution in [0.1, 0.15) is 98.8 Å². The van der Waals surface area contributed by atoms with Crippen molar-refractivity contribution < 1.29 is 39.5 Å². The lowest BCUT2D eigenvalue weighted by Crippen LogP contribution is -2.66. The summed E-state index contributed by atoms with van der Waals surface area (Å²) in [5.74, 6) is 2.29.